The van der Waals surface area contributed by atoms with Gasteiger partial charge in [-0.25, -0.2) is 4.79 Å². The third-order valence-corrected chi connectivity index (χ3v) is 8.28. The maximum absolute atomic E-state index is 12.9. The Morgan fingerprint density at radius 2 is 1.47 bits per heavy atom. The van der Waals surface area contributed by atoms with E-state index in [9.17, 15) is 19.5 Å². The van der Waals surface area contributed by atoms with Crippen LogP contribution < -0.4 is 10.1 Å². The van der Waals surface area contributed by atoms with Crippen LogP contribution in [0.3, 0.4) is 0 Å². The van der Waals surface area contributed by atoms with Crippen LogP contribution in [0, 0.1) is 5.92 Å². The zero-order valence-corrected chi connectivity index (χ0v) is 25.3. The number of hydrogen-bond acceptors (Lipinski definition) is 5. The molecule has 2 heterocycles. The number of amides is 2. The van der Waals surface area contributed by atoms with Crippen LogP contribution in [0.1, 0.15) is 42.4 Å². The Morgan fingerprint density at radius 1 is 0.822 bits per heavy atom. The van der Waals surface area contributed by atoms with Gasteiger partial charge in [0.15, 0.2) is 0 Å². The molecule has 2 N–H and O–H groups in total. The summed E-state index contributed by atoms with van der Waals surface area (Å²) in [4.78, 5) is 43.5. The quantitative estimate of drug-likeness (QED) is 0.202. The molecule has 4 aromatic rings. The smallest absolute Gasteiger partial charge is 0.326 e. The van der Waals surface area contributed by atoms with E-state index in [1.54, 1.807) is 12.4 Å². The summed E-state index contributed by atoms with van der Waals surface area (Å²) >= 11 is 0. The second-order valence-electron chi connectivity index (χ2n) is 11.5. The highest BCUT2D eigenvalue weighted by Crippen LogP contribution is 2.23. The van der Waals surface area contributed by atoms with Gasteiger partial charge in [0.05, 0.1) is 0 Å². The zero-order chi connectivity index (χ0) is 31.4. The van der Waals surface area contributed by atoms with Crippen molar-refractivity contribution in [3.63, 3.8) is 0 Å². The highest BCUT2D eigenvalue weighted by molar-refractivity contribution is 5.84. The van der Waals surface area contributed by atoms with E-state index in [0.29, 0.717) is 38.3 Å². The van der Waals surface area contributed by atoms with Gasteiger partial charge in [0.1, 0.15) is 18.4 Å². The van der Waals surface area contributed by atoms with E-state index in [0.717, 1.165) is 40.7 Å². The summed E-state index contributed by atoms with van der Waals surface area (Å²) in [5.41, 5.74) is 5.21. The van der Waals surface area contributed by atoms with Gasteiger partial charge in [-0.3, -0.25) is 14.6 Å². The number of nitrogens with one attached hydrogen (secondary N) is 1. The van der Waals surface area contributed by atoms with Crippen molar-refractivity contribution in [3.8, 4) is 16.9 Å². The standard InChI is InChI=1S/C37H39N3O5/c41-35(39-34(37(43)44)24-28-8-13-33(14-9-28)45-26-30-4-2-1-3-5-30)25-29-18-22-40(23-19-29)36(42)15-10-27-6-11-31(12-7-27)32-16-20-38-21-17-32/h1-9,11-14,16-17,20-21,29,34H,10,15,18-19,22-26H2,(H,39,41)(H,43,44)/t34-/m0/s1. The van der Waals surface area contributed by atoms with Crippen molar-refractivity contribution < 1.29 is 24.2 Å². The average molecular weight is 606 g/mol. The number of rotatable bonds is 13. The van der Waals surface area contributed by atoms with E-state index in [-0.39, 0.29) is 30.6 Å². The van der Waals surface area contributed by atoms with Crippen LogP contribution >= 0.6 is 0 Å². The highest BCUT2D eigenvalue weighted by atomic mass is 16.5. The van der Waals surface area contributed by atoms with Gasteiger partial charge < -0.3 is 20.1 Å². The maximum Gasteiger partial charge on any atom is 0.326 e. The first-order valence-corrected chi connectivity index (χ1v) is 15.5. The number of benzene rings is 3. The molecule has 0 bridgehead atoms. The second kappa shape index (κ2) is 15.7. The molecule has 0 unspecified atom stereocenters. The summed E-state index contributed by atoms with van der Waals surface area (Å²) in [6, 6.07) is 28.3. The summed E-state index contributed by atoms with van der Waals surface area (Å²) in [5, 5.41) is 12.5. The normalized spacial score (nSPS) is 14.0. The first-order chi connectivity index (χ1) is 21.9. The number of pyridine rings is 1. The molecule has 1 aliphatic heterocycles. The van der Waals surface area contributed by atoms with Crippen LogP contribution in [0.5, 0.6) is 5.75 Å². The molecule has 1 fully saturated rings. The van der Waals surface area contributed by atoms with E-state index < -0.39 is 12.0 Å². The third-order valence-electron chi connectivity index (χ3n) is 8.28. The predicted octanol–water partition coefficient (Wildman–Crippen LogP) is 5.70. The highest BCUT2D eigenvalue weighted by Gasteiger charge is 2.26. The van der Waals surface area contributed by atoms with Crippen LogP contribution in [0.4, 0.5) is 0 Å². The van der Waals surface area contributed by atoms with Crippen LogP contribution in [-0.4, -0.2) is 51.9 Å². The van der Waals surface area contributed by atoms with Crippen molar-refractivity contribution in [1.29, 1.82) is 0 Å². The number of carbonyl (C=O) groups excluding carboxylic acids is 2. The predicted molar refractivity (Wildman–Crippen MR) is 172 cm³/mol. The van der Waals surface area contributed by atoms with Gasteiger partial charge in [-0.2, -0.15) is 0 Å². The molecule has 1 atom stereocenters. The third kappa shape index (κ3) is 9.50. The largest absolute Gasteiger partial charge is 0.489 e. The Balaban J connectivity index is 1.02. The van der Waals surface area contributed by atoms with Crippen LogP contribution in [0.2, 0.25) is 0 Å². The molecular weight excluding hydrogens is 566 g/mol. The minimum absolute atomic E-state index is 0.116. The Labute approximate surface area is 264 Å². The number of carbonyl (C=O) groups is 3. The summed E-state index contributed by atoms with van der Waals surface area (Å²) < 4.78 is 5.81. The van der Waals surface area contributed by atoms with E-state index in [1.165, 1.54) is 0 Å². The van der Waals surface area contributed by atoms with Crippen molar-refractivity contribution in [1.82, 2.24) is 15.2 Å². The molecule has 1 aliphatic rings. The Morgan fingerprint density at radius 3 is 2.13 bits per heavy atom. The van der Waals surface area contributed by atoms with Crippen molar-refractivity contribution in [3.05, 3.63) is 120 Å². The van der Waals surface area contributed by atoms with E-state index in [2.05, 4.69) is 34.6 Å². The van der Waals surface area contributed by atoms with Crippen molar-refractivity contribution in [2.24, 2.45) is 5.92 Å². The number of likely N-dealkylation sites (tertiary alicyclic amines) is 1. The maximum atomic E-state index is 12.9. The molecule has 3 aromatic carbocycles. The van der Waals surface area contributed by atoms with E-state index in [1.807, 2.05) is 71.6 Å². The molecule has 2 amide bonds. The summed E-state index contributed by atoms with van der Waals surface area (Å²) in [5.74, 6) is -0.409. The first kappa shape index (κ1) is 31.4. The Hall–Kier alpha value is -4.98. The van der Waals surface area contributed by atoms with E-state index >= 15 is 0 Å². The van der Waals surface area contributed by atoms with Crippen molar-refractivity contribution in [2.75, 3.05) is 13.1 Å². The van der Waals surface area contributed by atoms with Gasteiger partial charge in [-0.1, -0.05) is 66.7 Å². The zero-order valence-electron chi connectivity index (χ0n) is 25.3. The van der Waals surface area contributed by atoms with Gasteiger partial charge in [0.2, 0.25) is 11.8 Å². The van der Waals surface area contributed by atoms with Gasteiger partial charge in [-0.05, 0) is 77.3 Å². The minimum Gasteiger partial charge on any atom is -0.489 e. The molecule has 45 heavy (non-hydrogen) atoms. The van der Waals surface area contributed by atoms with Gasteiger partial charge in [0, 0.05) is 44.7 Å². The molecule has 8 heteroatoms. The number of piperidine rings is 1. The number of aryl methyl sites for hydroxylation is 1. The van der Waals surface area contributed by atoms with Gasteiger partial charge >= 0.3 is 5.97 Å². The molecular formula is C37H39N3O5. The molecule has 8 nitrogen and oxygen atoms in total. The monoisotopic (exact) mass is 605 g/mol. The lowest BCUT2D eigenvalue weighted by Gasteiger charge is -2.32. The van der Waals surface area contributed by atoms with Gasteiger partial charge in [0.25, 0.3) is 0 Å². The summed E-state index contributed by atoms with van der Waals surface area (Å²) in [7, 11) is 0. The van der Waals surface area contributed by atoms with Crippen molar-refractivity contribution in [2.45, 2.75) is 51.2 Å². The van der Waals surface area contributed by atoms with Crippen LogP contribution in [0.25, 0.3) is 11.1 Å². The fourth-order valence-electron chi connectivity index (χ4n) is 5.62. The van der Waals surface area contributed by atoms with Gasteiger partial charge in [-0.15, -0.1) is 0 Å². The van der Waals surface area contributed by atoms with E-state index in [4.69, 9.17) is 4.74 Å². The van der Waals surface area contributed by atoms with Crippen LogP contribution in [0.15, 0.2) is 103 Å². The number of aromatic nitrogens is 1. The molecule has 0 aliphatic carbocycles. The molecule has 232 valence electrons. The lowest BCUT2D eigenvalue weighted by atomic mass is 9.92. The number of carboxylic acid groups (broad SMARTS) is 1. The molecule has 0 radical (unpaired) electrons. The summed E-state index contributed by atoms with van der Waals surface area (Å²) in [6.07, 6.45) is 6.55. The minimum atomic E-state index is -1.07. The lowest BCUT2D eigenvalue weighted by Crippen LogP contribution is -2.44. The molecule has 5 rings (SSSR count). The fraction of sp³-hybridized carbons (Fsp3) is 0.297. The first-order valence-electron chi connectivity index (χ1n) is 15.5. The number of nitrogens with zero attached hydrogens (tertiary/aromatic N) is 2. The number of aliphatic carboxylic acids is 1. The Bertz CT molecular complexity index is 1540. The number of carboxylic acids is 1. The topological polar surface area (TPSA) is 109 Å². The summed E-state index contributed by atoms with van der Waals surface area (Å²) in [6.45, 7) is 1.67. The Kier molecular flexibility index (Phi) is 10.9. The molecule has 1 saturated heterocycles. The van der Waals surface area contributed by atoms with Crippen LogP contribution in [-0.2, 0) is 33.8 Å². The number of ether oxygens (including phenoxy) is 1. The molecule has 1 aromatic heterocycles. The molecule has 0 saturated carbocycles. The fourth-order valence-corrected chi connectivity index (χ4v) is 5.62. The second-order valence-corrected chi connectivity index (χ2v) is 11.5. The number of hydrogen-bond donors (Lipinski definition) is 2. The lowest BCUT2D eigenvalue weighted by molar-refractivity contribution is -0.142. The SMILES string of the molecule is O=C(CC1CCN(C(=O)CCc2ccc(-c3ccncc3)cc2)CC1)N[C@@H](Cc1ccc(OCc2ccccc2)cc1)C(=O)O. The molecule has 0 spiro atoms. The average Bonchev–Trinajstić information content (AvgIpc) is 3.08. The van der Waals surface area contributed by atoms with Crippen molar-refractivity contribution >= 4 is 17.8 Å².